The number of nitrogens with one attached hydrogen (secondary N) is 2. The summed E-state index contributed by atoms with van der Waals surface area (Å²) in [7, 11) is 0. The summed E-state index contributed by atoms with van der Waals surface area (Å²) in [5, 5.41) is 20.7. The van der Waals surface area contributed by atoms with E-state index in [0.717, 1.165) is 36.9 Å². The normalized spacial score (nSPS) is 13.5. The number of H-pyrrole nitrogens is 1. The quantitative estimate of drug-likeness (QED) is 0.668. The first-order valence-corrected chi connectivity index (χ1v) is 6.77. The number of rotatable bonds is 3. The van der Waals surface area contributed by atoms with Crippen LogP contribution in [0.15, 0.2) is 24.3 Å². The molecule has 0 radical (unpaired) electrons. The van der Waals surface area contributed by atoms with Crippen LogP contribution in [0.25, 0.3) is 0 Å². The molecule has 1 heterocycles. The summed E-state index contributed by atoms with van der Waals surface area (Å²) >= 11 is 0. The Balaban J connectivity index is 1.87. The Labute approximate surface area is 120 Å². The van der Waals surface area contributed by atoms with Crippen molar-refractivity contribution in [2.75, 3.05) is 5.32 Å². The zero-order valence-corrected chi connectivity index (χ0v) is 11.3. The average molecular weight is 286 g/mol. The topological polar surface area (TPSA) is 101 Å². The number of benzene rings is 1. The molecule has 1 aliphatic carbocycles. The van der Waals surface area contributed by atoms with Crippen LogP contribution in [0.2, 0.25) is 0 Å². The molecule has 0 atom stereocenters. The summed E-state index contributed by atoms with van der Waals surface area (Å²) < 4.78 is 0. The van der Waals surface area contributed by atoms with E-state index < -0.39 is 10.8 Å². The van der Waals surface area contributed by atoms with Crippen LogP contribution in [0.1, 0.15) is 34.5 Å². The Morgan fingerprint density at radius 2 is 2.05 bits per heavy atom. The molecule has 0 saturated heterocycles. The number of nitro benzene ring substituents is 1. The maximum absolute atomic E-state index is 12.3. The third kappa shape index (κ3) is 2.49. The number of amides is 1. The number of carbonyl (C=O) groups is 1. The number of nitrogens with zero attached hydrogens (tertiary/aromatic N) is 2. The summed E-state index contributed by atoms with van der Waals surface area (Å²) in [6.07, 6.45) is 3.94. The van der Waals surface area contributed by atoms with E-state index in [-0.39, 0.29) is 11.3 Å². The first-order valence-electron chi connectivity index (χ1n) is 6.77. The highest BCUT2D eigenvalue weighted by Crippen LogP contribution is 2.26. The maximum atomic E-state index is 12.3. The van der Waals surface area contributed by atoms with E-state index in [1.807, 2.05) is 0 Å². The van der Waals surface area contributed by atoms with Crippen molar-refractivity contribution < 1.29 is 9.72 Å². The van der Waals surface area contributed by atoms with E-state index in [2.05, 4.69) is 15.5 Å². The van der Waals surface area contributed by atoms with Gasteiger partial charge in [0.15, 0.2) is 5.82 Å². The molecule has 0 bridgehead atoms. The predicted octanol–water partition coefficient (Wildman–Crippen LogP) is 2.45. The van der Waals surface area contributed by atoms with Crippen LogP contribution >= 0.6 is 0 Å². The van der Waals surface area contributed by atoms with Gasteiger partial charge in [-0.25, -0.2) is 0 Å². The van der Waals surface area contributed by atoms with Gasteiger partial charge in [0.05, 0.1) is 4.92 Å². The van der Waals surface area contributed by atoms with E-state index in [9.17, 15) is 14.9 Å². The van der Waals surface area contributed by atoms with E-state index in [1.165, 1.54) is 18.2 Å². The van der Waals surface area contributed by atoms with Crippen molar-refractivity contribution in [1.82, 2.24) is 10.2 Å². The van der Waals surface area contributed by atoms with Gasteiger partial charge in [0.1, 0.15) is 5.56 Å². The SMILES string of the molecule is O=C(Nc1n[nH]c2c1CCCC2)c1ccccc1[N+](=O)[O-]. The van der Waals surface area contributed by atoms with Crippen LogP contribution in [0.4, 0.5) is 11.5 Å². The van der Waals surface area contributed by atoms with E-state index >= 15 is 0 Å². The highest BCUT2D eigenvalue weighted by molar-refractivity contribution is 6.06. The number of hydrogen-bond donors (Lipinski definition) is 2. The van der Waals surface area contributed by atoms with Crippen molar-refractivity contribution in [1.29, 1.82) is 0 Å². The lowest BCUT2D eigenvalue weighted by molar-refractivity contribution is -0.385. The summed E-state index contributed by atoms with van der Waals surface area (Å²) in [4.78, 5) is 22.7. The average Bonchev–Trinajstić information content (AvgIpc) is 2.90. The van der Waals surface area contributed by atoms with E-state index in [1.54, 1.807) is 6.07 Å². The second-order valence-electron chi connectivity index (χ2n) is 4.96. The molecule has 2 N–H and O–H groups in total. The third-order valence-corrected chi connectivity index (χ3v) is 3.63. The molecular formula is C14H14N4O3. The number of aryl methyl sites for hydroxylation is 1. The number of aromatic nitrogens is 2. The van der Waals surface area contributed by atoms with Gasteiger partial charge in [0.25, 0.3) is 11.6 Å². The number of fused-ring (bicyclic) bond motifs is 1. The molecule has 1 amide bonds. The zero-order valence-electron chi connectivity index (χ0n) is 11.3. The van der Waals surface area contributed by atoms with Gasteiger partial charge in [-0.1, -0.05) is 12.1 Å². The van der Waals surface area contributed by atoms with E-state index in [0.29, 0.717) is 5.82 Å². The van der Waals surface area contributed by atoms with Crippen LogP contribution in [0.3, 0.4) is 0 Å². The van der Waals surface area contributed by atoms with Crippen molar-refractivity contribution in [3.05, 3.63) is 51.2 Å². The Hall–Kier alpha value is -2.70. The largest absolute Gasteiger partial charge is 0.305 e. The highest BCUT2D eigenvalue weighted by atomic mass is 16.6. The number of carbonyl (C=O) groups excluding carboxylic acids is 1. The number of aromatic amines is 1. The smallest absolute Gasteiger partial charge is 0.282 e. The van der Waals surface area contributed by atoms with Gasteiger partial charge in [0.2, 0.25) is 0 Å². The number of anilines is 1. The second kappa shape index (κ2) is 5.35. The molecule has 1 aliphatic rings. The van der Waals surface area contributed by atoms with Crippen LogP contribution in [-0.2, 0) is 12.8 Å². The number of nitro groups is 1. The Bertz CT molecular complexity index is 708. The Morgan fingerprint density at radius 1 is 1.29 bits per heavy atom. The van der Waals surface area contributed by atoms with Gasteiger partial charge < -0.3 is 5.32 Å². The second-order valence-corrected chi connectivity index (χ2v) is 4.96. The predicted molar refractivity (Wildman–Crippen MR) is 76.3 cm³/mol. The van der Waals surface area contributed by atoms with Crippen LogP contribution in [-0.4, -0.2) is 21.0 Å². The monoisotopic (exact) mass is 286 g/mol. The molecular weight excluding hydrogens is 272 g/mol. The maximum Gasteiger partial charge on any atom is 0.282 e. The van der Waals surface area contributed by atoms with Gasteiger partial charge in [0, 0.05) is 17.3 Å². The molecule has 1 aromatic carbocycles. The summed E-state index contributed by atoms with van der Waals surface area (Å²) in [6.45, 7) is 0. The molecule has 3 rings (SSSR count). The van der Waals surface area contributed by atoms with Crippen molar-refractivity contribution in [3.63, 3.8) is 0 Å². The van der Waals surface area contributed by atoms with Crippen LogP contribution in [0, 0.1) is 10.1 Å². The first kappa shape index (κ1) is 13.3. The minimum Gasteiger partial charge on any atom is -0.305 e. The molecule has 0 aliphatic heterocycles. The first-order chi connectivity index (χ1) is 10.2. The number of para-hydroxylation sites is 1. The van der Waals surface area contributed by atoms with Crippen LogP contribution in [0.5, 0.6) is 0 Å². The molecule has 1 aromatic heterocycles. The molecule has 0 unspecified atom stereocenters. The molecule has 0 spiro atoms. The van der Waals surface area contributed by atoms with Crippen LogP contribution < -0.4 is 5.32 Å². The molecule has 2 aromatic rings. The summed E-state index contributed by atoms with van der Waals surface area (Å²) in [5.74, 6) is -0.0324. The lowest BCUT2D eigenvalue weighted by Gasteiger charge is -2.11. The highest BCUT2D eigenvalue weighted by Gasteiger charge is 2.23. The summed E-state index contributed by atoms with van der Waals surface area (Å²) in [6, 6.07) is 5.88. The molecule has 21 heavy (non-hydrogen) atoms. The molecule has 0 saturated carbocycles. The van der Waals surface area contributed by atoms with Crippen molar-refractivity contribution >= 4 is 17.4 Å². The molecule has 0 fully saturated rings. The van der Waals surface area contributed by atoms with Crippen molar-refractivity contribution in [2.24, 2.45) is 0 Å². The van der Waals surface area contributed by atoms with Gasteiger partial charge in [-0.15, -0.1) is 0 Å². The van der Waals surface area contributed by atoms with Gasteiger partial charge in [-0.3, -0.25) is 20.0 Å². The fourth-order valence-corrected chi connectivity index (χ4v) is 2.58. The lowest BCUT2D eigenvalue weighted by Crippen LogP contribution is -2.15. The minimum atomic E-state index is -0.561. The minimum absolute atomic E-state index is 0.0371. The fraction of sp³-hybridized carbons (Fsp3) is 0.286. The molecule has 7 heteroatoms. The zero-order chi connectivity index (χ0) is 14.8. The summed E-state index contributed by atoms with van der Waals surface area (Å²) in [5.41, 5.74) is 1.88. The van der Waals surface area contributed by atoms with Crippen molar-refractivity contribution in [3.8, 4) is 0 Å². The number of hydrogen-bond acceptors (Lipinski definition) is 4. The lowest BCUT2D eigenvalue weighted by atomic mass is 9.97. The van der Waals surface area contributed by atoms with Gasteiger partial charge in [-0.05, 0) is 31.7 Å². The molecule has 108 valence electrons. The van der Waals surface area contributed by atoms with Crippen molar-refractivity contribution in [2.45, 2.75) is 25.7 Å². The van der Waals surface area contributed by atoms with Gasteiger partial charge >= 0.3 is 0 Å². The fourth-order valence-electron chi connectivity index (χ4n) is 2.58. The Kier molecular flexibility index (Phi) is 3.39. The standard InChI is InChI=1S/C14H14N4O3/c19-14(10-6-2-4-8-12(10)18(20)21)15-13-9-5-1-3-7-11(9)16-17-13/h2,4,6,8H,1,3,5,7H2,(H2,15,16,17,19). The molecule has 7 nitrogen and oxygen atoms in total. The van der Waals surface area contributed by atoms with Gasteiger partial charge in [-0.2, -0.15) is 5.10 Å². The Morgan fingerprint density at radius 3 is 2.86 bits per heavy atom. The third-order valence-electron chi connectivity index (χ3n) is 3.63. The van der Waals surface area contributed by atoms with E-state index in [4.69, 9.17) is 0 Å².